The standard InChI is InChI=1S/C13H14O/c1-9(2)10(3)12-5-7-13(8-6-12)11(4)14/h5-8H,1,3H2,2,4H3. The van der Waals surface area contributed by atoms with Gasteiger partial charge in [-0.25, -0.2) is 0 Å². The molecule has 1 nitrogen and oxygen atoms in total. The molecule has 1 aromatic rings. The number of hydrogen-bond acceptors (Lipinski definition) is 1. The fourth-order valence-corrected chi connectivity index (χ4v) is 1.15. The summed E-state index contributed by atoms with van der Waals surface area (Å²) >= 11 is 0. The Hall–Kier alpha value is -1.63. The van der Waals surface area contributed by atoms with Crippen LogP contribution in [0.15, 0.2) is 43.0 Å². The number of allylic oxidation sites excluding steroid dienone is 2. The summed E-state index contributed by atoms with van der Waals surface area (Å²) in [5, 5.41) is 0. The molecule has 0 saturated carbocycles. The first-order valence-electron chi connectivity index (χ1n) is 4.48. The summed E-state index contributed by atoms with van der Waals surface area (Å²) in [4.78, 5) is 11.0. The van der Waals surface area contributed by atoms with Crippen molar-refractivity contribution in [2.75, 3.05) is 0 Å². The van der Waals surface area contributed by atoms with Crippen LogP contribution in [0.1, 0.15) is 29.8 Å². The van der Waals surface area contributed by atoms with Gasteiger partial charge < -0.3 is 0 Å². The second-order valence-electron chi connectivity index (χ2n) is 3.39. The molecule has 0 spiro atoms. The summed E-state index contributed by atoms with van der Waals surface area (Å²) in [6, 6.07) is 7.42. The van der Waals surface area contributed by atoms with Crippen molar-refractivity contribution in [3.05, 3.63) is 54.1 Å². The molecule has 0 bridgehead atoms. The summed E-state index contributed by atoms with van der Waals surface area (Å²) < 4.78 is 0. The number of hydrogen-bond donors (Lipinski definition) is 0. The van der Waals surface area contributed by atoms with Crippen LogP contribution < -0.4 is 0 Å². The zero-order valence-electron chi connectivity index (χ0n) is 8.63. The zero-order chi connectivity index (χ0) is 10.7. The van der Waals surface area contributed by atoms with Crippen molar-refractivity contribution in [1.29, 1.82) is 0 Å². The van der Waals surface area contributed by atoms with E-state index in [-0.39, 0.29) is 5.78 Å². The number of carbonyl (C=O) groups excluding carboxylic acids is 1. The number of rotatable bonds is 3. The molecule has 0 fully saturated rings. The second-order valence-corrected chi connectivity index (χ2v) is 3.39. The molecule has 0 amide bonds. The predicted octanol–water partition coefficient (Wildman–Crippen LogP) is 3.48. The normalized spacial score (nSPS) is 9.57. The first-order valence-corrected chi connectivity index (χ1v) is 4.48. The van der Waals surface area contributed by atoms with Crippen LogP contribution in [0, 0.1) is 0 Å². The van der Waals surface area contributed by atoms with Crippen molar-refractivity contribution in [3.63, 3.8) is 0 Å². The van der Waals surface area contributed by atoms with E-state index in [0.717, 1.165) is 22.3 Å². The lowest BCUT2D eigenvalue weighted by molar-refractivity contribution is 0.101. The molecule has 0 aliphatic carbocycles. The van der Waals surface area contributed by atoms with E-state index >= 15 is 0 Å². The molecule has 1 rings (SSSR count). The Balaban J connectivity index is 3.00. The Bertz CT molecular complexity index is 382. The van der Waals surface area contributed by atoms with Gasteiger partial charge in [0.25, 0.3) is 0 Å². The summed E-state index contributed by atoms with van der Waals surface area (Å²) in [6.07, 6.45) is 0. The van der Waals surface area contributed by atoms with Crippen LogP contribution in [0.2, 0.25) is 0 Å². The maximum atomic E-state index is 11.0. The summed E-state index contributed by atoms with van der Waals surface area (Å²) in [7, 11) is 0. The lowest BCUT2D eigenvalue weighted by Crippen LogP contribution is -1.92. The third-order valence-electron chi connectivity index (χ3n) is 2.16. The van der Waals surface area contributed by atoms with Gasteiger partial charge in [0.05, 0.1) is 0 Å². The highest BCUT2D eigenvalue weighted by molar-refractivity contribution is 5.94. The Kier molecular flexibility index (Phi) is 3.03. The van der Waals surface area contributed by atoms with Crippen LogP contribution in [0.4, 0.5) is 0 Å². The highest BCUT2D eigenvalue weighted by atomic mass is 16.1. The van der Waals surface area contributed by atoms with Crippen LogP contribution >= 0.6 is 0 Å². The maximum Gasteiger partial charge on any atom is 0.159 e. The first kappa shape index (κ1) is 10.5. The van der Waals surface area contributed by atoms with Gasteiger partial charge in [-0.2, -0.15) is 0 Å². The van der Waals surface area contributed by atoms with Crippen molar-refractivity contribution in [2.24, 2.45) is 0 Å². The quantitative estimate of drug-likeness (QED) is 0.521. The van der Waals surface area contributed by atoms with Gasteiger partial charge in [0, 0.05) is 5.56 Å². The van der Waals surface area contributed by atoms with Gasteiger partial charge in [0.2, 0.25) is 0 Å². The molecule has 0 atom stereocenters. The molecule has 0 radical (unpaired) electrons. The van der Waals surface area contributed by atoms with Crippen molar-refractivity contribution in [1.82, 2.24) is 0 Å². The van der Waals surface area contributed by atoms with Gasteiger partial charge in [-0.3, -0.25) is 4.79 Å². The van der Waals surface area contributed by atoms with E-state index < -0.39 is 0 Å². The largest absolute Gasteiger partial charge is 0.295 e. The molecule has 0 saturated heterocycles. The lowest BCUT2D eigenvalue weighted by atomic mass is 10.00. The number of Topliss-reactive ketones (excluding diaryl/α,β-unsaturated/α-hetero) is 1. The SMILES string of the molecule is C=C(C)C(=C)c1ccc(C(C)=O)cc1. The highest BCUT2D eigenvalue weighted by Crippen LogP contribution is 2.19. The Morgan fingerprint density at radius 3 is 1.79 bits per heavy atom. The summed E-state index contributed by atoms with van der Waals surface area (Å²) in [6.45, 7) is 11.2. The monoisotopic (exact) mass is 186 g/mol. The Morgan fingerprint density at radius 1 is 1.00 bits per heavy atom. The van der Waals surface area contributed by atoms with Crippen molar-refractivity contribution >= 4 is 11.4 Å². The van der Waals surface area contributed by atoms with Crippen LogP contribution in [0.3, 0.4) is 0 Å². The Labute approximate surface area is 84.8 Å². The minimum Gasteiger partial charge on any atom is -0.295 e. The Morgan fingerprint density at radius 2 is 1.43 bits per heavy atom. The summed E-state index contributed by atoms with van der Waals surface area (Å²) in [5.41, 5.74) is 3.60. The van der Waals surface area contributed by atoms with E-state index in [9.17, 15) is 4.79 Å². The zero-order valence-corrected chi connectivity index (χ0v) is 8.63. The average Bonchev–Trinajstić information content (AvgIpc) is 2.16. The van der Waals surface area contributed by atoms with Crippen LogP contribution in [0.25, 0.3) is 5.57 Å². The van der Waals surface area contributed by atoms with E-state index in [1.54, 1.807) is 6.92 Å². The van der Waals surface area contributed by atoms with Crippen molar-refractivity contribution < 1.29 is 4.79 Å². The fraction of sp³-hybridized carbons (Fsp3) is 0.154. The van der Waals surface area contributed by atoms with Crippen LogP contribution in [-0.2, 0) is 0 Å². The van der Waals surface area contributed by atoms with E-state index in [2.05, 4.69) is 13.2 Å². The molecule has 0 aliphatic rings. The molecule has 0 aliphatic heterocycles. The van der Waals surface area contributed by atoms with E-state index in [0.29, 0.717) is 0 Å². The minimum atomic E-state index is 0.0810. The van der Waals surface area contributed by atoms with Gasteiger partial charge in [0.1, 0.15) is 0 Å². The van der Waals surface area contributed by atoms with Crippen LogP contribution in [-0.4, -0.2) is 5.78 Å². The topological polar surface area (TPSA) is 17.1 Å². The molecular formula is C13H14O. The molecule has 72 valence electrons. The van der Waals surface area contributed by atoms with Crippen molar-refractivity contribution in [3.8, 4) is 0 Å². The highest BCUT2D eigenvalue weighted by Gasteiger charge is 2.01. The average molecular weight is 186 g/mol. The lowest BCUT2D eigenvalue weighted by Gasteiger charge is -2.05. The first-order chi connectivity index (χ1) is 6.52. The third kappa shape index (κ3) is 2.19. The number of ketones is 1. The van der Waals surface area contributed by atoms with E-state index in [1.807, 2.05) is 31.2 Å². The number of carbonyl (C=O) groups is 1. The molecule has 1 aromatic carbocycles. The van der Waals surface area contributed by atoms with Gasteiger partial charge in [0.15, 0.2) is 5.78 Å². The fourth-order valence-electron chi connectivity index (χ4n) is 1.15. The molecule has 0 heterocycles. The summed E-state index contributed by atoms with van der Waals surface area (Å²) in [5.74, 6) is 0.0810. The minimum absolute atomic E-state index is 0.0810. The molecule has 0 aromatic heterocycles. The smallest absolute Gasteiger partial charge is 0.159 e. The molecular weight excluding hydrogens is 172 g/mol. The predicted molar refractivity (Wildman–Crippen MR) is 60.3 cm³/mol. The van der Waals surface area contributed by atoms with Crippen molar-refractivity contribution in [2.45, 2.75) is 13.8 Å². The van der Waals surface area contributed by atoms with Crippen LogP contribution in [0.5, 0.6) is 0 Å². The molecule has 0 unspecified atom stereocenters. The molecule has 14 heavy (non-hydrogen) atoms. The van der Waals surface area contributed by atoms with Gasteiger partial charge in [-0.15, -0.1) is 0 Å². The van der Waals surface area contributed by atoms with Gasteiger partial charge in [-0.1, -0.05) is 43.0 Å². The van der Waals surface area contributed by atoms with Gasteiger partial charge in [-0.05, 0) is 25.0 Å². The number of benzene rings is 1. The molecule has 0 N–H and O–H groups in total. The third-order valence-corrected chi connectivity index (χ3v) is 2.16. The second kappa shape index (κ2) is 4.05. The van der Waals surface area contributed by atoms with E-state index in [1.165, 1.54) is 0 Å². The van der Waals surface area contributed by atoms with E-state index in [4.69, 9.17) is 0 Å². The van der Waals surface area contributed by atoms with Gasteiger partial charge >= 0.3 is 0 Å². The maximum absolute atomic E-state index is 11.0. The molecule has 1 heteroatoms.